The minimum atomic E-state index is -1.32. The molecule has 1 saturated heterocycles. The molecule has 3 rings (SSSR count). The first kappa shape index (κ1) is 22.7. The number of anilines is 1. The van der Waals surface area contributed by atoms with E-state index in [1.807, 2.05) is 0 Å². The van der Waals surface area contributed by atoms with E-state index in [4.69, 9.17) is 18.9 Å². The number of nitrogens with one attached hydrogen (secondary N) is 2. The fourth-order valence-corrected chi connectivity index (χ4v) is 2.84. The van der Waals surface area contributed by atoms with Crippen molar-refractivity contribution in [2.24, 2.45) is 0 Å². The standard InChI is InChI=1S/C23H24N2O7/c1-23(2)31-21(27)18(22(28)32-23)14-25-19-7-5-4-6-17(19)20(26)24-12-13-30-16-10-8-15(29-3)9-11-16/h4-11,14,25H,12-13H2,1-3H3,(H,24,26). The molecule has 2 aromatic rings. The van der Waals surface area contributed by atoms with E-state index >= 15 is 0 Å². The number of methoxy groups -OCH3 is 1. The summed E-state index contributed by atoms with van der Waals surface area (Å²) in [5.74, 6) is -1.91. The topological polar surface area (TPSA) is 112 Å². The van der Waals surface area contributed by atoms with Crippen LogP contribution in [0.4, 0.5) is 5.69 Å². The Balaban J connectivity index is 1.57. The summed E-state index contributed by atoms with van der Waals surface area (Å²) in [6.45, 7) is 3.47. The molecule has 2 N–H and O–H groups in total. The predicted octanol–water partition coefficient (Wildman–Crippen LogP) is 2.64. The summed E-state index contributed by atoms with van der Waals surface area (Å²) in [5.41, 5.74) is 0.429. The van der Waals surface area contributed by atoms with Crippen LogP contribution >= 0.6 is 0 Å². The zero-order valence-corrected chi connectivity index (χ0v) is 18.0. The number of carbonyl (C=O) groups excluding carboxylic acids is 3. The molecule has 0 aliphatic carbocycles. The minimum Gasteiger partial charge on any atom is -0.497 e. The number of cyclic esters (lactones) is 2. The van der Waals surface area contributed by atoms with Gasteiger partial charge in [0.05, 0.1) is 24.9 Å². The highest BCUT2D eigenvalue weighted by molar-refractivity contribution is 6.15. The fraction of sp³-hybridized carbons (Fsp3) is 0.261. The highest BCUT2D eigenvalue weighted by atomic mass is 16.7. The summed E-state index contributed by atoms with van der Waals surface area (Å²) < 4.78 is 20.8. The number of carbonyl (C=O) groups is 3. The Morgan fingerprint density at radius 1 is 1.00 bits per heavy atom. The van der Waals surface area contributed by atoms with Crippen LogP contribution in [0.3, 0.4) is 0 Å². The van der Waals surface area contributed by atoms with Gasteiger partial charge in [-0.1, -0.05) is 12.1 Å². The Hall–Kier alpha value is -4.01. The van der Waals surface area contributed by atoms with Crippen molar-refractivity contribution >= 4 is 23.5 Å². The molecule has 0 saturated carbocycles. The zero-order chi connectivity index (χ0) is 23.1. The first-order valence-corrected chi connectivity index (χ1v) is 9.86. The average Bonchev–Trinajstić information content (AvgIpc) is 2.76. The van der Waals surface area contributed by atoms with Gasteiger partial charge in [-0.15, -0.1) is 0 Å². The summed E-state index contributed by atoms with van der Waals surface area (Å²) in [6, 6.07) is 13.8. The number of hydrogen-bond donors (Lipinski definition) is 2. The predicted molar refractivity (Wildman–Crippen MR) is 115 cm³/mol. The second kappa shape index (κ2) is 9.86. The molecule has 0 unspecified atom stereocenters. The molecular formula is C23H24N2O7. The van der Waals surface area contributed by atoms with Gasteiger partial charge >= 0.3 is 11.9 Å². The van der Waals surface area contributed by atoms with Gasteiger partial charge in [0.1, 0.15) is 18.1 Å². The fourth-order valence-electron chi connectivity index (χ4n) is 2.84. The Bertz CT molecular complexity index is 1010. The summed E-state index contributed by atoms with van der Waals surface area (Å²) in [7, 11) is 1.59. The Kier molecular flexibility index (Phi) is 6.99. The van der Waals surface area contributed by atoms with Crippen molar-refractivity contribution < 1.29 is 33.3 Å². The van der Waals surface area contributed by atoms with E-state index in [-0.39, 0.29) is 24.6 Å². The van der Waals surface area contributed by atoms with Crippen molar-refractivity contribution in [3.63, 3.8) is 0 Å². The van der Waals surface area contributed by atoms with Crippen LogP contribution in [0, 0.1) is 0 Å². The summed E-state index contributed by atoms with van der Waals surface area (Å²) in [4.78, 5) is 36.7. The third-order valence-electron chi connectivity index (χ3n) is 4.38. The molecule has 0 radical (unpaired) electrons. The van der Waals surface area contributed by atoms with E-state index in [1.54, 1.807) is 55.6 Å². The molecule has 2 aromatic carbocycles. The average molecular weight is 440 g/mol. The maximum Gasteiger partial charge on any atom is 0.350 e. The van der Waals surface area contributed by atoms with E-state index in [0.29, 0.717) is 17.0 Å². The van der Waals surface area contributed by atoms with Crippen LogP contribution in [0.15, 0.2) is 60.3 Å². The van der Waals surface area contributed by atoms with Crippen molar-refractivity contribution in [1.29, 1.82) is 0 Å². The molecule has 1 heterocycles. The lowest BCUT2D eigenvalue weighted by Crippen LogP contribution is -2.42. The maximum atomic E-state index is 12.6. The summed E-state index contributed by atoms with van der Waals surface area (Å²) in [6.07, 6.45) is 1.17. The first-order chi connectivity index (χ1) is 15.3. The number of amides is 1. The molecule has 9 nitrogen and oxygen atoms in total. The summed E-state index contributed by atoms with van der Waals surface area (Å²) in [5, 5.41) is 5.58. The van der Waals surface area contributed by atoms with E-state index < -0.39 is 17.7 Å². The SMILES string of the molecule is COc1ccc(OCCNC(=O)c2ccccc2NC=C2C(=O)OC(C)(C)OC2=O)cc1. The van der Waals surface area contributed by atoms with Gasteiger partial charge in [0, 0.05) is 20.0 Å². The second-order valence-corrected chi connectivity index (χ2v) is 7.21. The van der Waals surface area contributed by atoms with E-state index in [9.17, 15) is 14.4 Å². The number of hydrogen-bond acceptors (Lipinski definition) is 8. The number of ether oxygens (including phenoxy) is 4. The normalized spacial score (nSPS) is 14.7. The van der Waals surface area contributed by atoms with Crippen molar-refractivity contribution in [3.05, 3.63) is 65.9 Å². The zero-order valence-electron chi connectivity index (χ0n) is 18.0. The Labute approximate surface area is 185 Å². The maximum absolute atomic E-state index is 12.6. The van der Waals surface area contributed by atoms with Crippen LogP contribution in [0.1, 0.15) is 24.2 Å². The molecule has 0 spiro atoms. The van der Waals surface area contributed by atoms with E-state index in [0.717, 1.165) is 5.75 Å². The van der Waals surface area contributed by atoms with Crippen molar-refractivity contribution in [2.75, 3.05) is 25.6 Å². The highest BCUT2D eigenvalue weighted by Crippen LogP contribution is 2.23. The molecular weight excluding hydrogens is 416 g/mol. The molecule has 1 aliphatic rings. The lowest BCUT2D eigenvalue weighted by atomic mass is 10.1. The third kappa shape index (κ3) is 5.78. The van der Waals surface area contributed by atoms with Crippen molar-refractivity contribution in [2.45, 2.75) is 19.6 Å². The molecule has 1 aliphatic heterocycles. The number of para-hydroxylation sites is 1. The van der Waals surface area contributed by atoms with Crippen LogP contribution in [-0.4, -0.2) is 43.9 Å². The van der Waals surface area contributed by atoms with Crippen LogP contribution in [-0.2, 0) is 19.1 Å². The monoisotopic (exact) mass is 440 g/mol. The van der Waals surface area contributed by atoms with Crippen LogP contribution in [0.2, 0.25) is 0 Å². The van der Waals surface area contributed by atoms with Gasteiger partial charge in [0.25, 0.3) is 11.7 Å². The second-order valence-electron chi connectivity index (χ2n) is 7.21. The molecule has 0 aromatic heterocycles. The van der Waals surface area contributed by atoms with E-state index in [2.05, 4.69) is 10.6 Å². The number of esters is 2. The highest BCUT2D eigenvalue weighted by Gasteiger charge is 2.39. The molecule has 168 valence electrons. The van der Waals surface area contributed by atoms with Gasteiger partial charge in [-0.05, 0) is 36.4 Å². The molecule has 32 heavy (non-hydrogen) atoms. The molecule has 1 amide bonds. The molecule has 1 fully saturated rings. The third-order valence-corrected chi connectivity index (χ3v) is 4.38. The Morgan fingerprint density at radius 2 is 1.62 bits per heavy atom. The van der Waals surface area contributed by atoms with Crippen LogP contribution < -0.4 is 20.1 Å². The van der Waals surface area contributed by atoms with Gasteiger partial charge < -0.3 is 29.6 Å². The Morgan fingerprint density at radius 3 is 2.28 bits per heavy atom. The smallest absolute Gasteiger partial charge is 0.350 e. The molecule has 0 atom stereocenters. The quantitative estimate of drug-likeness (QED) is 0.279. The van der Waals surface area contributed by atoms with Crippen LogP contribution in [0.25, 0.3) is 0 Å². The lowest BCUT2D eigenvalue weighted by Gasteiger charge is -2.29. The largest absolute Gasteiger partial charge is 0.497 e. The van der Waals surface area contributed by atoms with Gasteiger partial charge in [0.15, 0.2) is 5.57 Å². The summed E-state index contributed by atoms with van der Waals surface area (Å²) >= 11 is 0. The van der Waals surface area contributed by atoms with Gasteiger partial charge in [-0.25, -0.2) is 9.59 Å². The van der Waals surface area contributed by atoms with Gasteiger partial charge in [-0.3, -0.25) is 4.79 Å². The number of benzene rings is 2. The minimum absolute atomic E-state index is 0.269. The molecule has 9 heteroatoms. The van der Waals surface area contributed by atoms with Crippen molar-refractivity contribution in [3.8, 4) is 11.5 Å². The van der Waals surface area contributed by atoms with Crippen LogP contribution in [0.5, 0.6) is 11.5 Å². The van der Waals surface area contributed by atoms with Crippen molar-refractivity contribution in [1.82, 2.24) is 5.32 Å². The lowest BCUT2D eigenvalue weighted by molar-refractivity contribution is -0.222. The molecule has 0 bridgehead atoms. The number of rotatable bonds is 8. The first-order valence-electron chi connectivity index (χ1n) is 9.86. The van der Waals surface area contributed by atoms with Gasteiger partial charge in [0.2, 0.25) is 0 Å². The van der Waals surface area contributed by atoms with Gasteiger partial charge in [-0.2, -0.15) is 0 Å². The van der Waals surface area contributed by atoms with E-state index in [1.165, 1.54) is 20.0 Å².